The summed E-state index contributed by atoms with van der Waals surface area (Å²) < 4.78 is 19.2. The third-order valence-corrected chi connectivity index (χ3v) is 6.86. The van der Waals surface area contributed by atoms with Crippen LogP contribution in [0.1, 0.15) is 35.5 Å². The number of rotatable bonds is 5. The van der Waals surface area contributed by atoms with Crippen molar-refractivity contribution in [3.05, 3.63) is 100 Å². The highest BCUT2D eigenvalue weighted by Crippen LogP contribution is 2.38. The van der Waals surface area contributed by atoms with E-state index in [4.69, 9.17) is 21.7 Å². The van der Waals surface area contributed by atoms with E-state index in [2.05, 4.69) is 41.7 Å². The molecule has 0 radical (unpaired) electrons. The minimum Gasteiger partial charge on any atom is -0.351 e. The molecular weight excluding hydrogens is 455 g/mol. The predicted octanol–water partition coefficient (Wildman–Crippen LogP) is 6.11. The fourth-order valence-electron chi connectivity index (χ4n) is 3.87. The lowest BCUT2D eigenvalue weighted by Gasteiger charge is -2.37. The van der Waals surface area contributed by atoms with E-state index in [1.165, 1.54) is 17.7 Å². The van der Waals surface area contributed by atoms with Gasteiger partial charge in [0.1, 0.15) is 5.82 Å². The summed E-state index contributed by atoms with van der Waals surface area (Å²) in [6.45, 7) is 4.55. The lowest BCUT2D eigenvalue weighted by atomic mass is 9.94. The number of allylic oxidation sites excluding steroid dienone is 1. The molecule has 0 saturated heterocycles. The van der Waals surface area contributed by atoms with Crippen LogP contribution >= 0.6 is 23.6 Å². The minimum atomic E-state index is -0.266. The first-order valence-corrected chi connectivity index (χ1v) is 11.8. The largest absolute Gasteiger partial charge is 0.351 e. The fraction of sp³-hybridized carbons (Fsp3) is 0.160. The molecule has 1 atom stereocenters. The number of nitrogens with one attached hydrogen (secondary N) is 1. The topological polar surface area (TPSA) is 54.2 Å². The van der Waals surface area contributed by atoms with Crippen molar-refractivity contribution in [1.29, 1.82) is 0 Å². The van der Waals surface area contributed by atoms with Gasteiger partial charge in [-0.15, -0.1) is 11.3 Å². The molecule has 1 unspecified atom stereocenters. The molecule has 4 aromatic rings. The first kappa shape index (κ1) is 21.5. The first-order chi connectivity index (χ1) is 16.0. The number of halogens is 1. The fourth-order valence-corrected chi connectivity index (χ4v) is 4.84. The van der Waals surface area contributed by atoms with Crippen LogP contribution in [0.4, 0.5) is 4.39 Å². The van der Waals surface area contributed by atoms with Crippen molar-refractivity contribution in [2.75, 3.05) is 0 Å². The molecule has 2 aromatic heterocycles. The number of aryl methyl sites for hydroxylation is 1. The zero-order chi connectivity index (χ0) is 22.9. The molecule has 1 N–H and O–H groups in total. The number of hydrogen-bond acceptors (Lipinski definition) is 5. The summed E-state index contributed by atoms with van der Waals surface area (Å²) in [6, 6.07) is 18.4. The number of nitrogens with zero attached hydrogens (tertiary/aromatic N) is 3. The summed E-state index contributed by atoms with van der Waals surface area (Å²) in [7, 11) is 0. The number of aromatic nitrogens is 2. The summed E-state index contributed by atoms with van der Waals surface area (Å²) in [5.41, 5.74) is 4.95. The molecule has 5 nitrogen and oxygen atoms in total. The summed E-state index contributed by atoms with van der Waals surface area (Å²) in [4.78, 5) is 7.64. The second kappa shape index (κ2) is 8.88. The van der Waals surface area contributed by atoms with E-state index >= 15 is 0 Å². The Labute approximate surface area is 200 Å². The Morgan fingerprint density at radius 1 is 1.09 bits per heavy atom. The van der Waals surface area contributed by atoms with Gasteiger partial charge in [0.15, 0.2) is 5.11 Å². The van der Waals surface area contributed by atoms with E-state index in [1.807, 2.05) is 29.3 Å². The molecule has 1 aliphatic heterocycles. The van der Waals surface area contributed by atoms with Gasteiger partial charge < -0.3 is 14.7 Å². The molecular formula is C25H21FN4OS2. The van der Waals surface area contributed by atoms with Crippen LogP contribution < -0.4 is 5.32 Å². The molecule has 0 fully saturated rings. The second-order valence-electron chi connectivity index (χ2n) is 7.91. The average Bonchev–Trinajstić information content (AvgIpc) is 3.50. The Kier molecular flexibility index (Phi) is 5.78. The van der Waals surface area contributed by atoms with Gasteiger partial charge >= 0.3 is 0 Å². The van der Waals surface area contributed by atoms with Crippen LogP contribution in [0.15, 0.2) is 76.3 Å². The van der Waals surface area contributed by atoms with Gasteiger partial charge in [-0.1, -0.05) is 53.2 Å². The molecule has 3 heterocycles. The Balaban J connectivity index is 1.59. The highest BCUT2D eigenvalue weighted by Gasteiger charge is 2.34. The first-order valence-electron chi connectivity index (χ1n) is 10.5. The van der Waals surface area contributed by atoms with Crippen LogP contribution in [0.5, 0.6) is 0 Å². The lowest BCUT2D eigenvalue weighted by Crippen LogP contribution is -2.45. The summed E-state index contributed by atoms with van der Waals surface area (Å²) in [5, 5.41) is 10.2. The lowest BCUT2D eigenvalue weighted by molar-refractivity contribution is 0.396. The minimum absolute atomic E-state index is 0.237. The van der Waals surface area contributed by atoms with Gasteiger partial charge in [-0.05, 0) is 60.8 Å². The Bertz CT molecular complexity index is 1310. The van der Waals surface area contributed by atoms with Crippen molar-refractivity contribution < 1.29 is 8.91 Å². The molecule has 0 bridgehead atoms. The molecule has 0 aliphatic carbocycles. The van der Waals surface area contributed by atoms with Gasteiger partial charge in [0.25, 0.3) is 5.89 Å². The maximum Gasteiger partial charge on any atom is 0.258 e. The SMILES string of the molecule is CC1=C(c2nc(-c3cccs3)no2)C(c2ccc(C)cc2)NC(=S)N1Cc1ccc(F)cc1. The van der Waals surface area contributed by atoms with E-state index in [9.17, 15) is 4.39 Å². The van der Waals surface area contributed by atoms with E-state index in [0.717, 1.165) is 27.3 Å². The third-order valence-electron chi connectivity index (χ3n) is 5.66. The van der Waals surface area contributed by atoms with Gasteiger partial charge in [0.2, 0.25) is 5.82 Å². The number of thiocarbonyl (C=S) groups is 1. The van der Waals surface area contributed by atoms with Crippen LogP contribution in [0.2, 0.25) is 0 Å². The van der Waals surface area contributed by atoms with Crippen molar-refractivity contribution in [2.24, 2.45) is 0 Å². The Morgan fingerprint density at radius 2 is 1.85 bits per heavy atom. The molecule has 33 heavy (non-hydrogen) atoms. The Morgan fingerprint density at radius 3 is 2.55 bits per heavy atom. The standard InChI is InChI=1S/C25H21FN4OS2/c1-15-5-9-18(10-6-15)22-21(24-28-23(29-31-24)20-4-3-13-33-20)16(2)30(25(32)27-22)14-17-7-11-19(26)12-8-17/h3-13,22H,14H2,1-2H3,(H,27,32). The van der Waals surface area contributed by atoms with Crippen LogP contribution in [0.25, 0.3) is 16.3 Å². The molecule has 1 aliphatic rings. The zero-order valence-corrected chi connectivity index (χ0v) is 19.7. The molecule has 8 heteroatoms. The predicted molar refractivity (Wildman–Crippen MR) is 132 cm³/mol. The van der Waals surface area contributed by atoms with Crippen LogP contribution in [0, 0.1) is 12.7 Å². The third kappa shape index (κ3) is 4.31. The normalized spacial score (nSPS) is 16.3. The van der Waals surface area contributed by atoms with E-state index < -0.39 is 0 Å². The highest BCUT2D eigenvalue weighted by atomic mass is 32.1. The summed E-state index contributed by atoms with van der Waals surface area (Å²) >= 11 is 7.31. The average molecular weight is 477 g/mol. The maximum atomic E-state index is 13.4. The van der Waals surface area contributed by atoms with Gasteiger partial charge in [-0.25, -0.2) is 4.39 Å². The van der Waals surface area contributed by atoms with Gasteiger partial charge in [-0.3, -0.25) is 0 Å². The van der Waals surface area contributed by atoms with E-state index in [0.29, 0.717) is 23.4 Å². The molecule has 0 saturated carbocycles. The van der Waals surface area contributed by atoms with Crippen molar-refractivity contribution in [2.45, 2.75) is 26.4 Å². The number of benzene rings is 2. The van der Waals surface area contributed by atoms with E-state index in [1.54, 1.807) is 23.5 Å². The molecule has 0 spiro atoms. The number of thiophene rings is 1. The monoisotopic (exact) mass is 476 g/mol. The smallest absolute Gasteiger partial charge is 0.258 e. The van der Waals surface area contributed by atoms with Gasteiger partial charge in [-0.2, -0.15) is 4.98 Å². The van der Waals surface area contributed by atoms with Crippen molar-refractivity contribution in [3.63, 3.8) is 0 Å². The molecule has 0 amide bonds. The highest BCUT2D eigenvalue weighted by molar-refractivity contribution is 7.80. The summed E-state index contributed by atoms with van der Waals surface area (Å²) in [5.74, 6) is 0.735. The van der Waals surface area contributed by atoms with Gasteiger partial charge in [0.05, 0.1) is 16.5 Å². The van der Waals surface area contributed by atoms with Crippen LogP contribution in [0.3, 0.4) is 0 Å². The number of hydrogen-bond donors (Lipinski definition) is 1. The van der Waals surface area contributed by atoms with Crippen LogP contribution in [-0.4, -0.2) is 20.2 Å². The molecule has 166 valence electrons. The van der Waals surface area contributed by atoms with Gasteiger partial charge in [0, 0.05) is 12.2 Å². The zero-order valence-electron chi connectivity index (χ0n) is 18.1. The maximum absolute atomic E-state index is 13.4. The van der Waals surface area contributed by atoms with Crippen LogP contribution in [-0.2, 0) is 6.54 Å². The Hall–Kier alpha value is -3.36. The quantitative estimate of drug-likeness (QED) is 0.351. The van der Waals surface area contributed by atoms with E-state index in [-0.39, 0.29) is 11.9 Å². The summed E-state index contributed by atoms with van der Waals surface area (Å²) in [6.07, 6.45) is 0. The second-order valence-corrected chi connectivity index (χ2v) is 9.24. The van der Waals surface area contributed by atoms with Crippen molar-refractivity contribution in [3.8, 4) is 10.7 Å². The van der Waals surface area contributed by atoms with Crippen molar-refractivity contribution in [1.82, 2.24) is 20.4 Å². The molecule has 2 aromatic carbocycles. The molecule has 5 rings (SSSR count). The van der Waals surface area contributed by atoms with Crippen molar-refractivity contribution >= 4 is 34.2 Å².